The number of aryl methyl sites for hydroxylation is 6. The third kappa shape index (κ3) is 8.15. The molecule has 0 radical (unpaired) electrons. The van der Waals surface area contributed by atoms with E-state index in [0.717, 1.165) is 45.3 Å². The Balaban J connectivity index is 1.61. The van der Waals surface area contributed by atoms with E-state index in [1.807, 2.05) is 0 Å². The quantitative estimate of drug-likeness (QED) is 0.146. The van der Waals surface area contributed by atoms with Gasteiger partial charge in [0.05, 0.1) is 0 Å². The zero-order chi connectivity index (χ0) is 32.1. The van der Waals surface area contributed by atoms with Crippen molar-refractivity contribution in [3.63, 3.8) is 0 Å². The van der Waals surface area contributed by atoms with E-state index in [-0.39, 0.29) is 24.0 Å². The van der Waals surface area contributed by atoms with Gasteiger partial charge in [0.25, 0.3) is 18.1 Å². The first-order valence-corrected chi connectivity index (χ1v) is 17.1. The van der Waals surface area contributed by atoms with Gasteiger partial charge in [0.1, 0.15) is 23.0 Å². The summed E-state index contributed by atoms with van der Waals surface area (Å²) < 4.78 is 25.5. The van der Waals surface area contributed by atoms with Gasteiger partial charge in [0, 0.05) is 17.0 Å². The number of hydrogen-bond donors (Lipinski definition) is 0. The van der Waals surface area contributed by atoms with E-state index in [4.69, 9.17) is 18.1 Å². The molecule has 4 aromatic rings. The van der Waals surface area contributed by atoms with Crippen LogP contribution in [0.1, 0.15) is 108 Å². The molecule has 0 saturated carbocycles. The molecule has 0 fully saturated rings. The molecular weight excluding hydrogens is 582 g/mol. The van der Waals surface area contributed by atoms with Gasteiger partial charge in [-0.3, -0.25) is 0 Å². The lowest BCUT2D eigenvalue weighted by atomic mass is 9.87. The van der Waals surface area contributed by atoms with E-state index in [9.17, 15) is 0 Å². The van der Waals surface area contributed by atoms with E-state index < -0.39 is 0 Å². The number of hydrogen-bond acceptors (Lipinski definition) is 4. The van der Waals surface area contributed by atoms with Crippen LogP contribution in [0.4, 0.5) is 0 Å². The summed E-state index contributed by atoms with van der Waals surface area (Å²) in [6.45, 7) is 23.6. The second-order valence-electron chi connectivity index (χ2n) is 12.7. The van der Waals surface area contributed by atoms with Gasteiger partial charge >= 0.3 is 0 Å². The van der Waals surface area contributed by atoms with Crippen molar-refractivity contribution >= 4 is 18.1 Å². The molecule has 4 nitrogen and oxygen atoms in total. The maximum absolute atomic E-state index is 6.47. The molecule has 0 aliphatic heterocycles. The second kappa shape index (κ2) is 14.8. The van der Waals surface area contributed by atoms with Crippen molar-refractivity contribution in [2.24, 2.45) is 0 Å². The minimum Gasteiger partial charge on any atom is -0.440 e. The first-order chi connectivity index (χ1) is 20.8. The highest BCUT2D eigenvalue weighted by atomic mass is 31.1. The molecule has 2 atom stereocenters. The van der Waals surface area contributed by atoms with Gasteiger partial charge in [-0.1, -0.05) is 94.3 Å². The predicted octanol–water partition coefficient (Wildman–Crippen LogP) is 11.9. The summed E-state index contributed by atoms with van der Waals surface area (Å²) in [6, 6.07) is 21.6. The Morgan fingerprint density at radius 3 is 1.18 bits per heavy atom. The SMILES string of the molecule is Cc1ccc(C(C)C)c(OPOc2c(C)cc(C)cc2C(C)c2cc(C)cc(C)c2OPOc2cc(C)ccc2C(C)C)c1. The summed E-state index contributed by atoms with van der Waals surface area (Å²) in [6.07, 6.45) is 0. The van der Waals surface area contributed by atoms with Gasteiger partial charge in [-0.25, -0.2) is 0 Å². The van der Waals surface area contributed by atoms with Crippen LogP contribution in [0.25, 0.3) is 0 Å². The summed E-state index contributed by atoms with van der Waals surface area (Å²) in [5, 5.41) is 0. The molecule has 0 saturated heterocycles. The lowest BCUT2D eigenvalue weighted by Crippen LogP contribution is -2.05. The average molecular weight is 631 g/mol. The van der Waals surface area contributed by atoms with Gasteiger partial charge in [0.2, 0.25) is 0 Å². The van der Waals surface area contributed by atoms with Crippen LogP contribution in [-0.4, -0.2) is 0 Å². The Labute approximate surface area is 268 Å². The first kappa shape index (κ1) is 33.8. The molecule has 0 aliphatic rings. The number of benzene rings is 4. The molecule has 0 spiro atoms. The molecular formula is C38H48O4P2. The maximum Gasteiger partial charge on any atom is 0.275 e. The minimum atomic E-state index is -0.165. The van der Waals surface area contributed by atoms with E-state index in [1.165, 1.54) is 33.4 Å². The molecule has 234 valence electrons. The highest BCUT2D eigenvalue weighted by Gasteiger charge is 2.23. The van der Waals surface area contributed by atoms with Gasteiger partial charge < -0.3 is 18.1 Å². The minimum absolute atomic E-state index is 0.0159. The molecule has 0 aliphatic carbocycles. The molecule has 0 heterocycles. The van der Waals surface area contributed by atoms with Crippen LogP contribution in [0.3, 0.4) is 0 Å². The van der Waals surface area contributed by atoms with Crippen molar-refractivity contribution in [1.29, 1.82) is 0 Å². The van der Waals surface area contributed by atoms with E-state index in [1.54, 1.807) is 0 Å². The molecule has 0 aromatic heterocycles. The molecule has 6 heteroatoms. The van der Waals surface area contributed by atoms with Crippen LogP contribution >= 0.6 is 18.1 Å². The number of rotatable bonds is 12. The zero-order valence-corrected chi connectivity index (χ0v) is 30.1. The third-order valence-corrected chi connectivity index (χ3v) is 9.18. The summed E-state index contributed by atoms with van der Waals surface area (Å²) in [5.74, 6) is 4.25. The van der Waals surface area contributed by atoms with Gasteiger partial charge in [-0.2, -0.15) is 0 Å². The van der Waals surface area contributed by atoms with Crippen LogP contribution in [0, 0.1) is 41.5 Å². The Kier molecular flexibility index (Phi) is 11.4. The standard InChI is InChI=1S/C38H48O4P2/c1-22(2)31-14-12-24(5)20-35(31)39-43-41-37-28(9)16-26(7)18-33(37)30(11)34-19-27(8)17-29(10)38(34)42-44-40-36-21-25(6)13-15-32(36)23(3)4/h12-23,30,43-44H,1-11H3. The molecule has 44 heavy (non-hydrogen) atoms. The average Bonchev–Trinajstić information content (AvgIpc) is 2.94. The topological polar surface area (TPSA) is 36.9 Å². The third-order valence-electron chi connectivity index (χ3n) is 8.00. The molecule has 0 N–H and O–H groups in total. The molecule has 0 bridgehead atoms. The largest absolute Gasteiger partial charge is 0.440 e. The Hall–Kier alpha value is -3.06. The van der Waals surface area contributed by atoms with Crippen molar-refractivity contribution in [3.05, 3.63) is 116 Å². The molecule has 4 rings (SSSR count). The lowest BCUT2D eigenvalue weighted by molar-refractivity contribution is 0.497. The van der Waals surface area contributed by atoms with Crippen LogP contribution in [-0.2, 0) is 0 Å². The first-order valence-electron chi connectivity index (χ1n) is 15.5. The van der Waals surface area contributed by atoms with Crippen LogP contribution < -0.4 is 18.1 Å². The zero-order valence-electron chi connectivity index (χ0n) is 28.1. The Morgan fingerprint density at radius 1 is 0.432 bits per heavy atom. The van der Waals surface area contributed by atoms with E-state index in [0.29, 0.717) is 11.8 Å². The normalized spacial score (nSPS) is 12.6. The van der Waals surface area contributed by atoms with Crippen molar-refractivity contribution in [2.45, 2.75) is 93.9 Å². The summed E-state index contributed by atoms with van der Waals surface area (Å²) in [4.78, 5) is 0. The fraction of sp³-hybridized carbons (Fsp3) is 0.368. The van der Waals surface area contributed by atoms with Crippen molar-refractivity contribution in [1.82, 2.24) is 0 Å². The fourth-order valence-electron chi connectivity index (χ4n) is 5.69. The van der Waals surface area contributed by atoms with E-state index >= 15 is 0 Å². The summed E-state index contributed by atoms with van der Waals surface area (Å²) >= 11 is 0. The monoisotopic (exact) mass is 630 g/mol. The van der Waals surface area contributed by atoms with E-state index in [2.05, 4.69) is 137 Å². The van der Waals surface area contributed by atoms with Crippen LogP contribution in [0.5, 0.6) is 23.0 Å². The Morgan fingerprint density at radius 2 is 0.818 bits per heavy atom. The van der Waals surface area contributed by atoms with Gasteiger partial charge in [-0.05, 0) is 98.9 Å². The van der Waals surface area contributed by atoms with Crippen molar-refractivity contribution < 1.29 is 18.1 Å². The lowest BCUT2D eigenvalue weighted by Gasteiger charge is -2.24. The van der Waals surface area contributed by atoms with Crippen LogP contribution in [0.2, 0.25) is 0 Å². The maximum atomic E-state index is 6.47. The van der Waals surface area contributed by atoms with Crippen molar-refractivity contribution in [3.8, 4) is 23.0 Å². The molecule has 4 aromatic carbocycles. The smallest absolute Gasteiger partial charge is 0.275 e. The molecule has 0 amide bonds. The summed E-state index contributed by atoms with van der Waals surface area (Å²) in [7, 11) is -0.331. The van der Waals surface area contributed by atoms with Crippen LogP contribution in [0.15, 0.2) is 60.7 Å². The second-order valence-corrected chi connectivity index (χ2v) is 13.8. The Bertz CT molecular complexity index is 1490. The fourth-order valence-corrected chi connectivity index (χ4v) is 7.03. The van der Waals surface area contributed by atoms with Gasteiger partial charge in [-0.15, -0.1) is 0 Å². The van der Waals surface area contributed by atoms with Gasteiger partial charge in [0.15, 0.2) is 0 Å². The molecule has 2 unspecified atom stereocenters. The highest BCUT2D eigenvalue weighted by molar-refractivity contribution is 7.27. The van der Waals surface area contributed by atoms with Crippen molar-refractivity contribution in [2.75, 3.05) is 0 Å². The predicted molar refractivity (Wildman–Crippen MR) is 189 cm³/mol. The highest BCUT2D eigenvalue weighted by Crippen LogP contribution is 2.44. The summed E-state index contributed by atoms with van der Waals surface area (Å²) in [5.41, 5.74) is 11.5.